The summed E-state index contributed by atoms with van der Waals surface area (Å²) in [5.41, 5.74) is 1.28. The number of carbonyl (C=O) groups is 1. The molecule has 0 atom stereocenters. The van der Waals surface area contributed by atoms with Gasteiger partial charge in [0.1, 0.15) is 0 Å². The third-order valence-corrected chi connectivity index (χ3v) is 1.81. The minimum Gasteiger partial charge on any atom is -0.383 e. The first-order valence-corrected chi connectivity index (χ1v) is 5.26. The molecule has 15 heavy (non-hydrogen) atoms. The molecule has 0 bridgehead atoms. The Kier molecular flexibility index (Phi) is 9.11. The minimum atomic E-state index is 0.0664. The summed E-state index contributed by atoms with van der Waals surface area (Å²) < 4.78 is 4.82. The highest BCUT2D eigenvalue weighted by Gasteiger charge is 1.98. The number of carbonyl (C=O) groups excluding carboxylic acids is 1. The summed E-state index contributed by atoms with van der Waals surface area (Å²) in [5, 5.41) is 5.93. The number of ether oxygens (including phenoxy) is 1. The molecule has 0 saturated heterocycles. The Morgan fingerprint density at radius 1 is 1.33 bits per heavy atom. The van der Waals surface area contributed by atoms with Gasteiger partial charge in [-0.15, -0.1) is 0 Å². The summed E-state index contributed by atoms with van der Waals surface area (Å²) in [6, 6.07) is 0. The molecule has 0 aliphatic carbocycles. The first-order valence-electron chi connectivity index (χ1n) is 5.26. The molecule has 4 nitrogen and oxygen atoms in total. The van der Waals surface area contributed by atoms with Crippen molar-refractivity contribution in [2.75, 3.05) is 33.4 Å². The lowest BCUT2D eigenvalue weighted by atomic mass is 10.3. The normalized spacial score (nSPS) is 9.80. The molecular formula is C11H22N2O2. The predicted octanol–water partition coefficient (Wildman–Crippen LogP) is 0.695. The third-order valence-electron chi connectivity index (χ3n) is 1.81. The van der Waals surface area contributed by atoms with Gasteiger partial charge in [-0.05, 0) is 13.8 Å². The van der Waals surface area contributed by atoms with Crippen molar-refractivity contribution in [3.05, 3.63) is 11.6 Å². The summed E-state index contributed by atoms with van der Waals surface area (Å²) in [7, 11) is 1.62. The van der Waals surface area contributed by atoms with E-state index in [0.717, 1.165) is 6.54 Å². The smallest absolute Gasteiger partial charge is 0.221 e. The molecular weight excluding hydrogens is 192 g/mol. The van der Waals surface area contributed by atoms with E-state index < -0.39 is 0 Å². The number of methoxy groups -OCH3 is 1. The third kappa shape index (κ3) is 11.1. The van der Waals surface area contributed by atoms with Gasteiger partial charge in [-0.3, -0.25) is 4.79 Å². The highest BCUT2D eigenvalue weighted by molar-refractivity contribution is 5.75. The molecule has 4 heteroatoms. The van der Waals surface area contributed by atoms with Crippen LogP contribution in [0.3, 0.4) is 0 Å². The highest BCUT2D eigenvalue weighted by Crippen LogP contribution is 1.85. The van der Waals surface area contributed by atoms with Crippen LogP contribution in [0.25, 0.3) is 0 Å². The van der Waals surface area contributed by atoms with Crippen LogP contribution >= 0.6 is 0 Å². The standard InChI is InChI=1S/C11H22N2O2/c1-10(2)4-6-12-7-5-11(14)13-8-9-15-3/h4,12H,5-9H2,1-3H3,(H,13,14). The fourth-order valence-electron chi connectivity index (χ4n) is 0.961. The molecule has 0 radical (unpaired) electrons. The van der Waals surface area contributed by atoms with Gasteiger partial charge in [0, 0.05) is 33.2 Å². The lowest BCUT2D eigenvalue weighted by Gasteiger charge is -2.04. The molecule has 88 valence electrons. The molecule has 0 aliphatic rings. The average molecular weight is 214 g/mol. The molecule has 0 fully saturated rings. The van der Waals surface area contributed by atoms with E-state index in [4.69, 9.17) is 4.74 Å². The topological polar surface area (TPSA) is 50.4 Å². The molecule has 0 rings (SSSR count). The van der Waals surface area contributed by atoms with Crippen LogP contribution in [0.2, 0.25) is 0 Å². The van der Waals surface area contributed by atoms with Crippen molar-refractivity contribution in [3.63, 3.8) is 0 Å². The largest absolute Gasteiger partial charge is 0.383 e. The van der Waals surface area contributed by atoms with E-state index in [-0.39, 0.29) is 5.91 Å². The average Bonchev–Trinajstić information content (AvgIpc) is 2.17. The van der Waals surface area contributed by atoms with Gasteiger partial charge in [0.05, 0.1) is 6.61 Å². The van der Waals surface area contributed by atoms with Gasteiger partial charge in [0.15, 0.2) is 0 Å². The van der Waals surface area contributed by atoms with E-state index in [1.165, 1.54) is 5.57 Å². The zero-order valence-electron chi connectivity index (χ0n) is 9.93. The van der Waals surface area contributed by atoms with E-state index in [2.05, 4.69) is 30.6 Å². The van der Waals surface area contributed by atoms with Crippen molar-refractivity contribution in [3.8, 4) is 0 Å². The van der Waals surface area contributed by atoms with Gasteiger partial charge in [0.25, 0.3) is 0 Å². The van der Waals surface area contributed by atoms with Gasteiger partial charge in [-0.2, -0.15) is 0 Å². The molecule has 1 amide bonds. The number of hydrogen-bond donors (Lipinski definition) is 2. The Hall–Kier alpha value is -0.870. The lowest BCUT2D eigenvalue weighted by Crippen LogP contribution is -2.30. The Labute approximate surface area is 92.1 Å². The maximum Gasteiger partial charge on any atom is 0.221 e. The Morgan fingerprint density at radius 3 is 2.67 bits per heavy atom. The van der Waals surface area contributed by atoms with E-state index in [1.807, 2.05) is 0 Å². The molecule has 0 unspecified atom stereocenters. The first kappa shape index (κ1) is 14.1. The Morgan fingerprint density at radius 2 is 2.07 bits per heavy atom. The van der Waals surface area contributed by atoms with Crippen molar-refractivity contribution >= 4 is 5.91 Å². The summed E-state index contributed by atoms with van der Waals surface area (Å²) in [4.78, 5) is 11.2. The molecule has 0 aromatic rings. The number of hydrogen-bond acceptors (Lipinski definition) is 3. The Bertz CT molecular complexity index is 199. The molecule has 0 aromatic heterocycles. The molecule has 0 aliphatic heterocycles. The zero-order valence-corrected chi connectivity index (χ0v) is 9.93. The van der Waals surface area contributed by atoms with Crippen molar-refractivity contribution < 1.29 is 9.53 Å². The van der Waals surface area contributed by atoms with Gasteiger partial charge in [-0.1, -0.05) is 11.6 Å². The SMILES string of the molecule is COCCNC(=O)CCNCC=C(C)C. The van der Waals surface area contributed by atoms with Crippen molar-refractivity contribution in [1.82, 2.24) is 10.6 Å². The van der Waals surface area contributed by atoms with E-state index in [0.29, 0.717) is 26.1 Å². The minimum absolute atomic E-state index is 0.0664. The lowest BCUT2D eigenvalue weighted by molar-refractivity contribution is -0.121. The van der Waals surface area contributed by atoms with Crippen molar-refractivity contribution in [1.29, 1.82) is 0 Å². The van der Waals surface area contributed by atoms with Crippen LogP contribution in [0.1, 0.15) is 20.3 Å². The molecule has 2 N–H and O–H groups in total. The van der Waals surface area contributed by atoms with Gasteiger partial charge < -0.3 is 15.4 Å². The second kappa shape index (κ2) is 9.68. The van der Waals surface area contributed by atoms with Crippen molar-refractivity contribution in [2.24, 2.45) is 0 Å². The van der Waals surface area contributed by atoms with Crippen LogP contribution in [-0.4, -0.2) is 39.3 Å². The number of allylic oxidation sites excluding steroid dienone is 1. The van der Waals surface area contributed by atoms with Crippen LogP contribution in [0.5, 0.6) is 0 Å². The van der Waals surface area contributed by atoms with Gasteiger partial charge in [0.2, 0.25) is 5.91 Å². The second-order valence-corrected chi connectivity index (χ2v) is 3.58. The summed E-state index contributed by atoms with van der Waals surface area (Å²) in [6.45, 7) is 6.80. The van der Waals surface area contributed by atoms with Crippen LogP contribution in [0.15, 0.2) is 11.6 Å². The maximum absolute atomic E-state index is 11.2. The quantitative estimate of drug-likeness (QED) is 0.462. The highest BCUT2D eigenvalue weighted by atomic mass is 16.5. The molecule has 0 spiro atoms. The van der Waals surface area contributed by atoms with Gasteiger partial charge >= 0.3 is 0 Å². The van der Waals surface area contributed by atoms with Crippen molar-refractivity contribution in [2.45, 2.75) is 20.3 Å². The van der Waals surface area contributed by atoms with E-state index >= 15 is 0 Å². The summed E-state index contributed by atoms with van der Waals surface area (Å²) >= 11 is 0. The van der Waals surface area contributed by atoms with Gasteiger partial charge in [-0.25, -0.2) is 0 Å². The maximum atomic E-state index is 11.2. The fourth-order valence-corrected chi connectivity index (χ4v) is 0.961. The number of nitrogens with one attached hydrogen (secondary N) is 2. The van der Waals surface area contributed by atoms with Crippen LogP contribution in [0.4, 0.5) is 0 Å². The first-order chi connectivity index (χ1) is 7.16. The fraction of sp³-hybridized carbons (Fsp3) is 0.727. The van der Waals surface area contributed by atoms with Crippen LogP contribution < -0.4 is 10.6 Å². The monoisotopic (exact) mass is 214 g/mol. The summed E-state index contributed by atoms with van der Waals surface area (Å²) in [5.74, 6) is 0.0664. The van der Waals surface area contributed by atoms with E-state index in [1.54, 1.807) is 7.11 Å². The predicted molar refractivity (Wildman–Crippen MR) is 61.8 cm³/mol. The number of rotatable bonds is 8. The van der Waals surface area contributed by atoms with E-state index in [9.17, 15) is 4.79 Å². The molecule has 0 heterocycles. The number of amides is 1. The zero-order chi connectivity index (χ0) is 11.5. The summed E-state index contributed by atoms with van der Waals surface area (Å²) in [6.07, 6.45) is 2.61. The second-order valence-electron chi connectivity index (χ2n) is 3.58. The Balaban J connectivity index is 3.28. The van der Waals surface area contributed by atoms with Crippen LogP contribution in [-0.2, 0) is 9.53 Å². The molecule has 0 aromatic carbocycles. The molecule has 0 saturated carbocycles. The van der Waals surface area contributed by atoms with Crippen LogP contribution in [0, 0.1) is 0 Å².